The van der Waals surface area contributed by atoms with Gasteiger partial charge in [-0.15, -0.1) is 0 Å². The normalized spacial score (nSPS) is 17.2. The summed E-state index contributed by atoms with van der Waals surface area (Å²) in [6.45, 7) is 2.04. The minimum atomic E-state index is -0.379. The van der Waals surface area contributed by atoms with Crippen molar-refractivity contribution in [3.63, 3.8) is 0 Å². The van der Waals surface area contributed by atoms with E-state index in [9.17, 15) is 9.59 Å². The van der Waals surface area contributed by atoms with Gasteiger partial charge in [0.05, 0.1) is 23.3 Å². The molecule has 1 aromatic heterocycles. The summed E-state index contributed by atoms with van der Waals surface area (Å²) >= 11 is 6.04. The van der Waals surface area contributed by atoms with Crippen molar-refractivity contribution in [1.82, 2.24) is 9.78 Å². The average molecular weight is 348 g/mol. The zero-order valence-corrected chi connectivity index (χ0v) is 14.2. The number of nitrogens with one attached hydrogen (secondary N) is 2. The van der Waals surface area contributed by atoms with Crippen LogP contribution in [0.25, 0.3) is 0 Å². The van der Waals surface area contributed by atoms with E-state index >= 15 is 0 Å². The van der Waals surface area contributed by atoms with Gasteiger partial charge in [0.25, 0.3) is 0 Å². The molecule has 2 aromatic rings. The van der Waals surface area contributed by atoms with E-state index in [1.54, 1.807) is 34.0 Å². The molecule has 126 valence electrons. The molecule has 8 heteroatoms. The second-order valence-electron chi connectivity index (χ2n) is 5.72. The van der Waals surface area contributed by atoms with Crippen LogP contribution in [0.15, 0.2) is 30.6 Å². The van der Waals surface area contributed by atoms with E-state index in [1.165, 1.54) is 6.92 Å². The summed E-state index contributed by atoms with van der Waals surface area (Å²) in [7, 11) is 1.81. The van der Waals surface area contributed by atoms with Crippen LogP contribution >= 0.6 is 11.6 Å². The number of carbonyl (C=O) groups excluding carboxylic acids is 2. The number of rotatable bonds is 4. The molecule has 1 atom stereocenters. The van der Waals surface area contributed by atoms with Crippen molar-refractivity contribution in [1.29, 1.82) is 0 Å². The fourth-order valence-corrected chi connectivity index (χ4v) is 2.91. The van der Waals surface area contributed by atoms with E-state index in [-0.39, 0.29) is 17.9 Å². The first-order chi connectivity index (χ1) is 11.4. The number of amides is 2. The monoisotopic (exact) mass is 347 g/mol. The van der Waals surface area contributed by atoms with Crippen molar-refractivity contribution in [3.8, 4) is 0 Å². The number of hydrogen-bond acceptors (Lipinski definition) is 4. The summed E-state index contributed by atoms with van der Waals surface area (Å²) in [5, 5.41) is 10.6. The first-order valence-corrected chi connectivity index (χ1v) is 7.95. The molecule has 1 saturated heterocycles. The van der Waals surface area contributed by atoms with Crippen molar-refractivity contribution >= 4 is 40.5 Å². The zero-order chi connectivity index (χ0) is 17.3. The number of benzene rings is 1. The van der Waals surface area contributed by atoms with Crippen molar-refractivity contribution in [2.24, 2.45) is 7.05 Å². The van der Waals surface area contributed by atoms with Crippen LogP contribution in [0, 0.1) is 0 Å². The topological polar surface area (TPSA) is 79.3 Å². The van der Waals surface area contributed by atoms with E-state index < -0.39 is 0 Å². The van der Waals surface area contributed by atoms with Gasteiger partial charge in [-0.3, -0.25) is 14.3 Å². The number of hydrogen-bond donors (Lipinski definition) is 2. The predicted octanol–water partition coefficient (Wildman–Crippen LogP) is 2.25. The molecular weight excluding hydrogens is 330 g/mol. The maximum Gasteiger partial charge on any atom is 0.249 e. The summed E-state index contributed by atoms with van der Waals surface area (Å²) in [4.78, 5) is 25.7. The van der Waals surface area contributed by atoms with Crippen molar-refractivity contribution < 1.29 is 9.59 Å². The lowest BCUT2D eigenvalue weighted by molar-refractivity contribution is -0.117. The van der Waals surface area contributed by atoms with Crippen molar-refractivity contribution in [3.05, 3.63) is 35.6 Å². The Hall–Kier alpha value is -2.54. The van der Waals surface area contributed by atoms with Gasteiger partial charge >= 0.3 is 0 Å². The smallest absolute Gasteiger partial charge is 0.249 e. The second kappa shape index (κ2) is 6.52. The molecule has 7 nitrogen and oxygen atoms in total. The molecule has 0 radical (unpaired) electrons. The van der Waals surface area contributed by atoms with E-state index in [1.807, 2.05) is 13.2 Å². The molecule has 2 amide bonds. The van der Waals surface area contributed by atoms with Gasteiger partial charge in [0, 0.05) is 31.7 Å². The number of anilines is 3. The Morgan fingerprint density at radius 1 is 1.38 bits per heavy atom. The second-order valence-corrected chi connectivity index (χ2v) is 6.16. The molecule has 0 spiro atoms. The van der Waals surface area contributed by atoms with Crippen LogP contribution in [0.4, 0.5) is 17.1 Å². The number of aromatic nitrogens is 2. The van der Waals surface area contributed by atoms with Gasteiger partial charge in [-0.25, -0.2) is 0 Å². The SMILES string of the molecule is CC(=O)Nc1ccc(Cl)cc1NC1CCN(c2cnn(C)c2)C1=O. The molecule has 2 heterocycles. The fraction of sp³-hybridized carbons (Fsp3) is 0.312. The minimum Gasteiger partial charge on any atom is -0.372 e. The lowest BCUT2D eigenvalue weighted by Gasteiger charge is -2.18. The molecular formula is C16H18ClN5O2. The van der Waals surface area contributed by atoms with E-state index in [2.05, 4.69) is 15.7 Å². The molecule has 1 fully saturated rings. The van der Waals surface area contributed by atoms with Gasteiger partial charge in [-0.2, -0.15) is 5.10 Å². The van der Waals surface area contributed by atoms with E-state index in [0.29, 0.717) is 29.4 Å². The lowest BCUT2D eigenvalue weighted by atomic mass is 10.2. The van der Waals surface area contributed by atoms with E-state index in [0.717, 1.165) is 5.69 Å². The van der Waals surface area contributed by atoms with Gasteiger partial charge in [-0.1, -0.05) is 11.6 Å². The molecule has 1 aliphatic rings. The lowest BCUT2D eigenvalue weighted by Crippen LogP contribution is -2.33. The number of nitrogens with zero attached hydrogens (tertiary/aromatic N) is 3. The van der Waals surface area contributed by atoms with E-state index in [4.69, 9.17) is 11.6 Å². The van der Waals surface area contributed by atoms with Crippen LogP contribution < -0.4 is 15.5 Å². The zero-order valence-electron chi connectivity index (χ0n) is 13.4. The molecule has 0 aliphatic carbocycles. The van der Waals surface area contributed by atoms with Gasteiger partial charge in [0.1, 0.15) is 6.04 Å². The molecule has 1 unspecified atom stereocenters. The fourth-order valence-electron chi connectivity index (χ4n) is 2.74. The maximum absolute atomic E-state index is 12.6. The molecule has 24 heavy (non-hydrogen) atoms. The molecule has 0 bridgehead atoms. The van der Waals surface area contributed by atoms with Crippen LogP contribution in [0.3, 0.4) is 0 Å². The summed E-state index contributed by atoms with van der Waals surface area (Å²) in [6.07, 6.45) is 4.13. The highest BCUT2D eigenvalue weighted by Gasteiger charge is 2.33. The van der Waals surface area contributed by atoms with Gasteiger partial charge in [-0.05, 0) is 24.6 Å². The maximum atomic E-state index is 12.6. The highest BCUT2D eigenvalue weighted by molar-refractivity contribution is 6.31. The van der Waals surface area contributed by atoms with Crippen LogP contribution in [-0.4, -0.2) is 34.2 Å². The largest absolute Gasteiger partial charge is 0.372 e. The summed E-state index contributed by atoms with van der Waals surface area (Å²) in [5.74, 6) is -0.216. The number of carbonyl (C=O) groups is 2. The van der Waals surface area contributed by atoms with Gasteiger partial charge < -0.3 is 15.5 Å². The highest BCUT2D eigenvalue weighted by Crippen LogP contribution is 2.29. The molecule has 2 N–H and O–H groups in total. The van der Waals surface area contributed by atoms with Crippen molar-refractivity contribution in [2.75, 3.05) is 22.1 Å². The summed E-state index contributed by atoms with van der Waals surface area (Å²) in [5.41, 5.74) is 2.00. The Kier molecular flexibility index (Phi) is 4.44. The van der Waals surface area contributed by atoms with Crippen LogP contribution in [0.2, 0.25) is 5.02 Å². The number of halogens is 1. The minimum absolute atomic E-state index is 0.0308. The van der Waals surface area contributed by atoms with Gasteiger partial charge in [0.15, 0.2) is 0 Å². The summed E-state index contributed by atoms with van der Waals surface area (Å²) < 4.78 is 1.66. The third-order valence-electron chi connectivity index (χ3n) is 3.83. The summed E-state index contributed by atoms with van der Waals surface area (Å²) in [6, 6.07) is 4.73. The Balaban J connectivity index is 1.78. The molecule has 1 aliphatic heterocycles. The van der Waals surface area contributed by atoms with Gasteiger partial charge in [0.2, 0.25) is 11.8 Å². The standard InChI is InChI=1S/C16H18ClN5O2/c1-10(23)19-13-4-3-11(17)7-15(13)20-14-5-6-22(16(14)24)12-8-18-21(2)9-12/h3-4,7-9,14,20H,5-6H2,1-2H3,(H,19,23). The van der Waals surface area contributed by atoms with Crippen LogP contribution in [-0.2, 0) is 16.6 Å². The predicted molar refractivity (Wildman–Crippen MR) is 93.3 cm³/mol. The third kappa shape index (κ3) is 3.35. The quantitative estimate of drug-likeness (QED) is 0.889. The first-order valence-electron chi connectivity index (χ1n) is 7.58. The van der Waals surface area contributed by atoms with Crippen LogP contribution in [0.5, 0.6) is 0 Å². The first kappa shape index (κ1) is 16.3. The Morgan fingerprint density at radius 2 is 2.17 bits per heavy atom. The molecule has 3 rings (SSSR count). The van der Waals surface area contributed by atoms with Crippen LogP contribution in [0.1, 0.15) is 13.3 Å². The molecule has 0 saturated carbocycles. The van der Waals surface area contributed by atoms with Crippen molar-refractivity contribution in [2.45, 2.75) is 19.4 Å². The average Bonchev–Trinajstić information content (AvgIpc) is 3.08. The Morgan fingerprint density at radius 3 is 2.83 bits per heavy atom. The Labute approximate surface area is 144 Å². The number of aryl methyl sites for hydroxylation is 1. The molecule has 1 aromatic carbocycles. The third-order valence-corrected chi connectivity index (χ3v) is 4.07. The Bertz CT molecular complexity index is 789. The highest BCUT2D eigenvalue weighted by atomic mass is 35.5.